The summed E-state index contributed by atoms with van der Waals surface area (Å²) in [4.78, 5) is 23.0. The maximum Gasteiger partial charge on any atom is 0.321 e. The Labute approximate surface area is 115 Å². The van der Waals surface area contributed by atoms with Gasteiger partial charge in [0.2, 0.25) is 0 Å². The molecule has 0 atom stereocenters. The third kappa shape index (κ3) is 5.64. The van der Waals surface area contributed by atoms with E-state index in [2.05, 4.69) is 5.32 Å². The molecule has 7 heteroatoms. The van der Waals surface area contributed by atoms with Crippen LogP contribution in [0.1, 0.15) is 12.0 Å². The van der Waals surface area contributed by atoms with Crippen LogP contribution in [-0.4, -0.2) is 42.0 Å². The Balaban J connectivity index is 2.61. The van der Waals surface area contributed by atoms with E-state index < -0.39 is 25.0 Å². The first-order chi connectivity index (χ1) is 9.38. The molecule has 2 amide bonds. The molecule has 0 heterocycles. The topological polar surface area (TPSA) is 69.6 Å². The minimum absolute atomic E-state index is 0.0112. The number of urea groups is 1. The van der Waals surface area contributed by atoms with Crippen LogP contribution < -0.4 is 5.32 Å². The Morgan fingerprint density at radius 1 is 1.40 bits per heavy atom. The highest BCUT2D eigenvalue weighted by Crippen LogP contribution is 2.13. The van der Waals surface area contributed by atoms with Crippen molar-refractivity contribution in [3.63, 3.8) is 0 Å². The number of carboxylic acid groups (broad SMARTS) is 1. The predicted molar refractivity (Wildman–Crippen MR) is 70.1 cm³/mol. The maximum absolute atomic E-state index is 12.1. The molecule has 2 N–H and O–H groups in total. The summed E-state index contributed by atoms with van der Waals surface area (Å²) in [7, 11) is 1.27. The maximum atomic E-state index is 12.1. The Kier molecular flexibility index (Phi) is 5.89. The van der Waals surface area contributed by atoms with Crippen molar-refractivity contribution < 1.29 is 23.5 Å². The van der Waals surface area contributed by atoms with E-state index in [4.69, 9.17) is 5.11 Å². The Morgan fingerprint density at radius 3 is 2.70 bits per heavy atom. The highest BCUT2D eigenvalue weighted by Gasteiger charge is 2.13. The first-order valence-corrected chi connectivity index (χ1v) is 5.99. The van der Waals surface area contributed by atoms with Crippen molar-refractivity contribution in [2.45, 2.75) is 19.3 Å². The molecule has 0 saturated carbocycles. The molecule has 0 bridgehead atoms. The van der Waals surface area contributed by atoms with Crippen LogP contribution >= 0.6 is 0 Å². The lowest BCUT2D eigenvalue weighted by atomic mass is 10.1. The lowest BCUT2D eigenvalue weighted by Gasteiger charge is -2.17. The molecule has 0 fully saturated rings. The van der Waals surface area contributed by atoms with Gasteiger partial charge in [-0.2, -0.15) is 0 Å². The number of halogens is 2. The minimum Gasteiger partial charge on any atom is -0.481 e. The van der Waals surface area contributed by atoms with Crippen LogP contribution in [0.4, 0.5) is 19.3 Å². The van der Waals surface area contributed by atoms with Crippen molar-refractivity contribution in [3.05, 3.63) is 29.8 Å². The van der Waals surface area contributed by atoms with Crippen molar-refractivity contribution in [2.24, 2.45) is 0 Å². The number of benzene rings is 1. The second-order valence-corrected chi connectivity index (χ2v) is 4.30. The molecule has 0 saturated heterocycles. The molecule has 0 aliphatic rings. The van der Waals surface area contributed by atoms with Gasteiger partial charge < -0.3 is 15.3 Å². The summed E-state index contributed by atoms with van der Waals surface area (Å²) in [5.41, 5.74) is 1.20. The smallest absolute Gasteiger partial charge is 0.321 e. The molecule has 0 unspecified atom stereocenters. The summed E-state index contributed by atoms with van der Waals surface area (Å²) in [6.45, 7) is -0.648. The fourth-order valence-electron chi connectivity index (χ4n) is 1.56. The van der Waals surface area contributed by atoms with E-state index in [1.807, 2.05) is 0 Å². The van der Waals surface area contributed by atoms with Gasteiger partial charge in [-0.05, 0) is 24.1 Å². The zero-order chi connectivity index (χ0) is 15.1. The number of hydrogen-bond donors (Lipinski definition) is 2. The number of carbonyl (C=O) groups excluding carboxylic acids is 1. The quantitative estimate of drug-likeness (QED) is 0.843. The van der Waals surface area contributed by atoms with Crippen molar-refractivity contribution in [1.29, 1.82) is 0 Å². The number of carboxylic acids is 1. The zero-order valence-corrected chi connectivity index (χ0v) is 11.0. The van der Waals surface area contributed by atoms with Crippen LogP contribution in [0.3, 0.4) is 0 Å². The van der Waals surface area contributed by atoms with Gasteiger partial charge in [0.25, 0.3) is 6.43 Å². The van der Waals surface area contributed by atoms with E-state index >= 15 is 0 Å². The van der Waals surface area contributed by atoms with Crippen LogP contribution in [0.5, 0.6) is 0 Å². The standard InChI is InChI=1S/C13H16F2N2O3/c1-17(8-11(14)15)13(20)16-10-4-2-3-9(7-10)5-6-12(18)19/h2-4,7,11H,5-6,8H2,1H3,(H,16,20)(H,18,19). The molecular formula is C13H16F2N2O3. The van der Waals surface area contributed by atoms with Crippen LogP contribution in [0.25, 0.3) is 0 Å². The highest BCUT2D eigenvalue weighted by molar-refractivity contribution is 5.89. The number of nitrogens with one attached hydrogen (secondary N) is 1. The Morgan fingerprint density at radius 2 is 2.10 bits per heavy atom. The molecule has 0 aromatic heterocycles. The highest BCUT2D eigenvalue weighted by atomic mass is 19.3. The van der Waals surface area contributed by atoms with E-state index in [9.17, 15) is 18.4 Å². The van der Waals surface area contributed by atoms with Gasteiger partial charge in [0.1, 0.15) is 0 Å². The van der Waals surface area contributed by atoms with Crippen molar-refractivity contribution in [2.75, 3.05) is 18.9 Å². The molecule has 1 rings (SSSR count). The largest absolute Gasteiger partial charge is 0.481 e. The van der Waals surface area contributed by atoms with Gasteiger partial charge in [0.15, 0.2) is 0 Å². The summed E-state index contributed by atoms with van der Waals surface area (Å²) in [5.74, 6) is -0.906. The number of amides is 2. The number of aliphatic carboxylic acids is 1. The van der Waals surface area contributed by atoms with E-state index in [-0.39, 0.29) is 6.42 Å². The SMILES string of the molecule is CN(CC(F)F)C(=O)Nc1cccc(CCC(=O)O)c1. The van der Waals surface area contributed by atoms with Crippen LogP contribution in [-0.2, 0) is 11.2 Å². The lowest BCUT2D eigenvalue weighted by Crippen LogP contribution is -2.34. The average Bonchev–Trinajstić information content (AvgIpc) is 2.36. The number of carbonyl (C=O) groups is 2. The summed E-state index contributed by atoms with van der Waals surface area (Å²) in [6, 6.07) is 6.00. The van der Waals surface area contributed by atoms with Crippen LogP contribution in [0.15, 0.2) is 24.3 Å². The zero-order valence-electron chi connectivity index (χ0n) is 11.0. The fourth-order valence-corrected chi connectivity index (χ4v) is 1.56. The normalized spacial score (nSPS) is 10.4. The van der Waals surface area contributed by atoms with E-state index in [0.717, 1.165) is 10.5 Å². The summed E-state index contributed by atoms with van der Waals surface area (Å²) in [5, 5.41) is 11.1. The molecule has 110 valence electrons. The number of nitrogens with zero attached hydrogens (tertiary/aromatic N) is 1. The second kappa shape index (κ2) is 7.42. The van der Waals surface area contributed by atoms with Gasteiger partial charge in [-0.1, -0.05) is 12.1 Å². The average molecular weight is 286 g/mol. The number of alkyl halides is 2. The second-order valence-electron chi connectivity index (χ2n) is 4.30. The molecule has 20 heavy (non-hydrogen) atoms. The molecule has 0 aliphatic carbocycles. The number of rotatable bonds is 6. The molecule has 0 aliphatic heterocycles. The molecule has 0 radical (unpaired) electrons. The van der Waals surface area contributed by atoms with Crippen molar-refractivity contribution >= 4 is 17.7 Å². The van der Waals surface area contributed by atoms with Gasteiger partial charge in [-0.3, -0.25) is 4.79 Å². The molecule has 5 nitrogen and oxygen atoms in total. The van der Waals surface area contributed by atoms with Gasteiger partial charge in [-0.25, -0.2) is 13.6 Å². The Bertz CT molecular complexity index is 480. The molecule has 1 aromatic carbocycles. The molecule has 0 spiro atoms. The first kappa shape index (κ1) is 15.9. The van der Waals surface area contributed by atoms with Crippen molar-refractivity contribution in [3.8, 4) is 0 Å². The van der Waals surface area contributed by atoms with Crippen LogP contribution in [0.2, 0.25) is 0 Å². The summed E-state index contributed by atoms with van der Waals surface area (Å²) >= 11 is 0. The van der Waals surface area contributed by atoms with Gasteiger partial charge in [0.05, 0.1) is 6.54 Å². The summed E-state index contributed by atoms with van der Waals surface area (Å²) < 4.78 is 24.3. The number of anilines is 1. The lowest BCUT2D eigenvalue weighted by molar-refractivity contribution is -0.136. The fraction of sp³-hybridized carbons (Fsp3) is 0.385. The van der Waals surface area contributed by atoms with E-state index in [0.29, 0.717) is 12.1 Å². The van der Waals surface area contributed by atoms with Gasteiger partial charge in [0, 0.05) is 19.2 Å². The van der Waals surface area contributed by atoms with E-state index in [1.54, 1.807) is 24.3 Å². The third-order valence-corrected chi connectivity index (χ3v) is 2.56. The van der Waals surface area contributed by atoms with E-state index in [1.165, 1.54) is 7.05 Å². The Hall–Kier alpha value is -2.18. The minimum atomic E-state index is -2.59. The molecule has 1 aromatic rings. The molecular weight excluding hydrogens is 270 g/mol. The van der Waals surface area contributed by atoms with Gasteiger partial charge >= 0.3 is 12.0 Å². The van der Waals surface area contributed by atoms with Crippen LogP contribution in [0, 0.1) is 0 Å². The predicted octanol–water partition coefficient (Wildman–Crippen LogP) is 2.43. The van der Waals surface area contributed by atoms with Crippen molar-refractivity contribution in [1.82, 2.24) is 4.90 Å². The third-order valence-electron chi connectivity index (χ3n) is 2.56. The number of aryl methyl sites for hydroxylation is 1. The van der Waals surface area contributed by atoms with Gasteiger partial charge in [-0.15, -0.1) is 0 Å². The monoisotopic (exact) mass is 286 g/mol. The first-order valence-electron chi connectivity index (χ1n) is 5.99. The number of hydrogen-bond acceptors (Lipinski definition) is 2. The summed E-state index contributed by atoms with van der Waals surface area (Å²) in [6.07, 6.45) is -2.26.